The van der Waals surface area contributed by atoms with Crippen LogP contribution in [0.4, 0.5) is 0 Å². The van der Waals surface area contributed by atoms with E-state index in [0.29, 0.717) is 0 Å². The van der Waals surface area contributed by atoms with Gasteiger partial charge in [-0.25, -0.2) is 0 Å². The summed E-state index contributed by atoms with van der Waals surface area (Å²) in [5, 5.41) is 0. The van der Waals surface area contributed by atoms with Gasteiger partial charge in [0.1, 0.15) is 0 Å². The van der Waals surface area contributed by atoms with E-state index in [9.17, 15) is 0 Å². The fraction of sp³-hybridized carbons (Fsp3) is 0. The van der Waals surface area contributed by atoms with Crippen molar-refractivity contribution in [2.45, 2.75) is 0 Å². The van der Waals surface area contributed by atoms with Crippen LogP contribution in [0.15, 0.2) is 0 Å². The third kappa shape index (κ3) is 811. The van der Waals surface area contributed by atoms with E-state index in [-0.39, 0.29) is 74.2 Å². The van der Waals surface area contributed by atoms with Gasteiger partial charge in [-0.2, -0.15) is 0 Å². The molecule has 0 aliphatic rings. The van der Waals surface area contributed by atoms with Crippen molar-refractivity contribution in [2.24, 2.45) is 0 Å². The molecule has 0 unspecified atom stereocenters. The van der Waals surface area contributed by atoms with Crippen LogP contribution in [-0.4, -0.2) is 27.3 Å². The van der Waals surface area contributed by atoms with Crippen molar-refractivity contribution in [3.63, 3.8) is 0 Å². The molecule has 0 saturated heterocycles. The Morgan fingerprint density at radius 1 is 0.364 bits per heavy atom. The Balaban J connectivity index is -0.0000000250. The van der Waals surface area contributed by atoms with Crippen LogP contribution in [0.3, 0.4) is 0 Å². The second kappa shape index (κ2) is 39.8. The molecule has 22 heavy (non-hydrogen) atoms. The second-order valence-electron chi connectivity index (χ2n) is 1.12. The summed E-state index contributed by atoms with van der Waals surface area (Å²) in [7, 11) is 0. The van der Waals surface area contributed by atoms with Crippen LogP contribution < -0.4 is 18.1 Å². The topological polar surface area (TPSA) is 286 Å². The fourth-order valence-corrected chi connectivity index (χ4v) is 0. The Morgan fingerprint density at radius 3 is 0.364 bits per heavy atom. The van der Waals surface area contributed by atoms with Gasteiger partial charge >= 0.3 is 219 Å². The molecule has 0 aliphatic heterocycles. The van der Waals surface area contributed by atoms with Crippen LogP contribution in [0, 0.1) is 46.9 Å². The molecule has 0 heterocycles. The molecule has 0 bridgehead atoms. The van der Waals surface area contributed by atoms with E-state index >= 15 is 0 Å². The smallest absolute Gasteiger partial charge is 2.00 e. The van der Waals surface area contributed by atoms with Gasteiger partial charge in [-0.05, 0) is 0 Å². The maximum atomic E-state index is 8.62. The van der Waals surface area contributed by atoms with E-state index in [2.05, 4.69) is 0 Å². The van der Waals surface area contributed by atoms with Crippen LogP contribution in [0.5, 0.6) is 0 Å². The van der Waals surface area contributed by atoms with Gasteiger partial charge in [-0.15, -0.1) is 0 Å². The van der Waals surface area contributed by atoms with E-state index in [1.54, 1.807) is 0 Å². The molecule has 0 rings (SSSR count). The average Bonchev–Trinajstić information content (AvgIpc) is 1.94. The summed E-state index contributed by atoms with van der Waals surface area (Å²) in [4.78, 5) is 0. The number of rotatable bonds is 0. The molecule has 0 amide bonds. The molecule has 0 fully saturated rings. The van der Waals surface area contributed by atoms with Gasteiger partial charge in [-0.1, -0.05) is 0 Å². The molecule has 0 aromatic heterocycles. The Bertz CT molecular complexity index is 386. The summed E-state index contributed by atoms with van der Waals surface area (Å²) in [6, 6.07) is 0. The largest absolute Gasteiger partial charge is 3.00 e. The van der Waals surface area contributed by atoms with E-state index in [1.165, 1.54) is 0 Å². The van der Waals surface area contributed by atoms with Crippen molar-refractivity contribution < 1.29 is 191 Å². The quantitative estimate of drug-likeness (QED) is 0.204. The maximum Gasteiger partial charge on any atom is 3.00 e. The van der Waals surface area contributed by atoms with Gasteiger partial charge in [0.25, 0.3) is 0 Å². The van der Waals surface area contributed by atoms with Crippen molar-refractivity contribution in [1.82, 2.24) is 0 Å². The first-order valence-corrected chi connectivity index (χ1v) is 22.4. The van der Waals surface area contributed by atoms with Gasteiger partial charge in [0.15, 0.2) is 0 Å². The van der Waals surface area contributed by atoms with Gasteiger partial charge in [0.05, 0.1) is 0 Å². The van der Waals surface area contributed by atoms with E-state index < -0.39 is 93.9 Å². The monoisotopic (exact) mass is 1530 g/mol. The summed E-state index contributed by atoms with van der Waals surface area (Å²) in [6.07, 6.45) is 0. The predicted molar refractivity (Wildman–Crippen MR) is 12.6 cm³/mol. The molecule has 15 nitrogen and oxygen atoms in total. The molecule has 0 atom stereocenters. The third-order valence-electron chi connectivity index (χ3n) is 0. The van der Waals surface area contributed by atoms with Gasteiger partial charge in [0.2, 0.25) is 0 Å². The van der Waals surface area contributed by atoms with E-state index in [1.807, 2.05) is 0 Å². The molecule has 0 aromatic rings. The Labute approximate surface area is 213 Å². The molecule has 0 N–H and O–H groups in total. The third-order valence-corrected chi connectivity index (χ3v) is 0. The molecule has 0 aromatic carbocycles. The van der Waals surface area contributed by atoms with Crippen molar-refractivity contribution >= 4 is 27.3 Å². The standard InChI is InChI=1S/15O.Pb.5Ta.Yb/q;;;;;;;;;;5*-1;+2;;;;;;+3. The first-order valence-electron chi connectivity index (χ1n) is 2.74. The molecule has 3 radical (unpaired) electrons. The molecule has 133 valence electrons. The van der Waals surface area contributed by atoms with Crippen molar-refractivity contribution in [2.75, 3.05) is 0 Å². The first-order chi connectivity index (χ1) is 8.66. The van der Waals surface area contributed by atoms with Crippen molar-refractivity contribution in [3.8, 4) is 0 Å². The van der Waals surface area contributed by atoms with Crippen LogP contribution >= 0.6 is 0 Å². The second-order valence-corrected chi connectivity index (χ2v) is 9.15. The summed E-state index contributed by atoms with van der Waals surface area (Å²) < 4.78 is 129. The summed E-state index contributed by atoms with van der Waals surface area (Å²) in [5.74, 6) is 0. The Hall–Kier alpha value is 3.94. The average molecular weight is 1520 g/mol. The van der Waals surface area contributed by atoms with Crippen LogP contribution in [0.2, 0.25) is 0 Å². The van der Waals surface area contributed by atoms with Gasteiger partial charge in [0, 0.05) is 0 Å². The fourth-order valence-electron chi connectivity index (χ4n) is 0. The molecule has 22 heteroatoms. The van der Waals surface area contributed by atoms with Crippen LogP contribution in [0.25, 0.3) is 0 Å². The molecular weight excluding hydrogens is 1520 g/mol. The summed E-state index contributed by atoms with van der Waals surface area (Å²) in [6.45, 7) is 0. The summed E-state index contributed by atoms with van der Waals surface area (Å²) >= 11 is -21.7. The zero-order valence-electron chi connectivity index (χ0n) is 9.13. The minimum absolute atomic E-state index is 0. The Kier molecular flexibility index (Phi) is 81.5. The Morgan fingerprint density at radius 2 is 0.364 bits per heavy atom. The van der Waals surface area contributed by atoms with Crippen LogP contribution in [0.1, 0.15) is 0 Å². The molecule has 0 saturated carbocycles. The minimum atomic E-state index is -4.34. The predicted octanol–water partition coefficient (Wildman–Crippen LogP) is -7.53. The SMILES string of the molecule is [O]=[Ta](=[O])[O-].[O]=[Ta](=[O])[O-].[O]=[Ta](=[O])[O-].[O]=[Ta](=[O])[O-].[O]=[Ta](=[O])[O-].[Pb+2].[Yb+3]. The molecule has 0 aliphatic carbocycles. The zero-order valence-corrected chi connectivity index (χ0v) is 30.8. The number of hydrogen-bond acceptors (Lipinski definition) is 15. The number of hydrogen-bond donors (Lipinski definition) is 0. The van der Waals surface area contributed by atoms with Crippen molar-refractivity contribution in [3.05, 3.63) is 0 Å². The molecule has 0 spiro atoms. The molecular formula is O15PbTa5Yb. The van der Waals surface area contributed by atoms with Gasteiger partial charge in [-0.3, -0.25) is 0 Å². The van der Waals surface area contributed by atoms with E-state index in [0.717, 1.165) is 0 Å². The summed E-state index contributed by atoms with van der Waals surface area (Å²) in [5.41, 5.74) is 0. The van der Waals surface area contributed by atoms with Crippen LogP contribution in [-0.2, 0) is 126 Å². The maximum absolute atomic E-state index is 8.62. The van der Waals surface area contributed by atoms with E-state index in [4.69, 9.17) is 50.6 Å². The minimum Gasteiger partial charge on any atom is 2.00 e. The normalized spacial score (nSPS) is 5.68. The first kappa shape index (κ1) is 45.0. The zero-order chi connectivity index (χ0) is 17.9. The van der Waals surface area contributed by atoms with Crippen molar-refractivity contribution in [1.29, 1.82) is 0 Å². The van der Waals surface area contributed by atoms with Gasteiger partial charge < -0.3 is 0 Å².